The Morgan fingerprint density at radius 1 is 1.00 bits per heavy atom. The summed E-state index contributed by atoms with van der Waals surface area (Å²) in [4.78, 5) is 11.4. The zero-order chi connectivity index (χ0) is 22.8. The number of halogens is 3. The van der Waals surface area contributed by atoms with E-state index in [2.05, 4.69) is 15.9 Å². The Morgan fingerprint density at radius 3 is 2.56 bits per heavy atom. The summed E-state index contributed by atoms with van der Waals surface area (Å²) < 4.78 is 35.5. The molecule has 1 aromatic heterocycles. The number of carboxylic acid groups (broad SMARTS) is 1. The first-order valence-corrected chi connectivity index (χ1v) is 10.5. The van der Waals surface area contributed by atoms with E-state index in [1.165, 1.54) is 6.07 Å². The van der Waals surface area contributed by atoms with Crippen molar-refractivity contribution in [1.29, 1.82) is 0 Å². The predicted molar refractivity (Wildman–Crippen MR) is 121 cm³/mol. The Kier molecular flexibility index (Phi) is 6.10. The quantitative estimate of drug-likeness (QED) is 0.319. The fourth-order valence-electron chi connectivity index (χ4n) is 3.49. The molecule has 1 heterocycles. The second-order valence-electron chi connectivity index (χ2n) is 7.23. The van der Waals surface area contributed by atoms with Gasteiger partial charge in [0.15, 0.2) is 11.6 Å². The molecule has 0 amide bonds. The molecular weight excluding hydrogens is 480 g/mol. The predicted octanol–water partition coefficient (Wildman–Crippen LogP) is 6.77. The number of hydrogen-bond acceptors (Lipinski definition) is 2. The van der Waals surface area contributed by atoms with E-state index < -0.39 is 17.6 Å². The lowest BCUT2D eigenvalue weighted by atomic mass is 10.1. The summed E-state index contributed by atoms with van der Waals surface area (Å²) in [6.45, 7) is 1.98. The van der Waals surface area contributed by atoms with Gasteiger partial charge in [-0.1, -0.05) is 28.1 Å². The number of hydrogen-bond donors (Lipinski definition) is 1. The molecule has 162 valence electrons. The Labute approximate surface area is 191 Å². The van der Waals surface area contributed by atoms with Crippen LogP contribution in [0.25, 0.3) is 16.9 Å². The summed E-state index contributed by atoms with van der Waals surface area (Å²) in [5.41, 5.74) is 3.86. The third-order valence-corrected chi connectivity index (χ3v) is 5.52. The average molecular weight is 498 g/mol. The van der Waals surface area contributed by atoms with Crippen LogP contribution in [0.1, 0.15) is 21.6 Å². The zero-order valence-corrected chi connectivity index (χ0v) is 18.6. The fourth-order valence-corrected chi connectivity index (χ4v) is 3.85. The SMILES string of the molecule is Cc1ccc(-c2cc(Br)ccc2OCc2ccc(F)c(F)c2)n1-c1cccc(C(=O)O)c1. The highest BCUT2D eigenvalue weighted by Crippen LogP contribution is 2.36. The zero-order valence-electron chi connectivity index (χ0n) is 17.0. The molecule has 4 aromatic rings. The summed E-state index contributed by atoms with van der Waals surface area (Å²) >= 11 is 3.49. The molecular formula is C25H18BrF2NO3. The number of ether oxygens (including phenoxy) is 1. The van der Waals surface area contributed by atoms with E-state index in [1.54, 1.807) is 24.3 Å². The summed E-state index contributed by atoms with van der Waals surface area (Å²) in [7, 11) is 0. The standard InChI is InChI=1S/C25H18BrF2NO3/c1-15-5-9-23(29(15)19-4-2-3-17(12-19)25(30)31)20-13-18(26)7-10-24(20)32-14-16-6-8-21(27)22(28)11-16/h2-13H,14H2,1H3,(H,30,31). The molecule has 0 bridgehead atoms. The smallest absolute Gasteiger partial charge is 0.335 e. The van der Waals surface area contributed by atoms with Gasteiger partial charge in [0.1, 0.15) is 12.4 Å². The lowest BCUT2D eigenvalue weighted by Crippen LogP contribution is -2.04. The lowest BCUT2D eigenvalue weighted by molar-refractivity contribution is 0.0697. The van der Waals surface area contributed by atoms with Crippen molar-refractivity contribution in [3.8, 4) is 22.7 Å². The van der Waals surface area contributed by atoms with Crippen LogP contribution < -0.4 is 4.74 Å². The molecule has 3 aromatic carbocycles. The van der Waals surface area contributed by atoms with E-state index >= 15 is 0 Å². The molecule has 0 fully saturated rings. The van der Waals surface area contributed by atoms with Crippen LogP contribution in [0, 0.1) is 18.6 Å². The number of nitrogens with zero attached hydrogens (tertiary/aromatic N) is 1. The van der Waals surface area contributed by atoms with Crippen molar-refractivity contribution in [2.75, 3.05) is 0 Å². The van der Waals surface area contributed by atoms with Gasteiger partial charge in [-0.2, -0.15) is 0 Å². The molecule has 0 aliphatic rings. The van der Waals surface area contributed by atoms with E-state index in [0.717, 1.165) is 33.6 Å². The summed E-state index contributed by atoms with van der Waals surface area (Å²) in [6, 6.07) is 19.7. The van der Waals surface area contributed by atoms with Crippen molar-refractivity contribution in [3.05, 3.63) is 106 Å². The normalized spacial score (nSPS) is 10.9. The average Bonchev–Trinajstić information content (AvgIpc) is 3.16. The van der Waals surface area contributed by atoms with Gasteiger partial charge in [0, 0.05) is 21.4 Å². The van der Waals surface area contributed by atoms with Crippen molar-refractivity contribution >= 4 is 21.9 Å². The van der Waals surface area contributed by atoms with Gasteiger partial charge in [-0.25, -0.2) is 13.6 Å². The molecule has 4 rings (SSSR count). The number of aryl methyl sites for hydroxylation is 1. The number of rotatable bonds is 6. The monoisotopic (exact) mass is 497 g/mol. The minimum absolute atomic E-state index is 0.0556. The molecule has 0 unspecified atom stereocenters. The second kappa shape index (κ2) is 8.96. The summed E-state index contributed by atoms with van der Waals surface area (Å²) in [5.74, 6) is -2.29. The summed E-state index contributed by atoms with van der Waals surface area (Å²) in [5, 5.41) is 9.37. The molecule has 4 nitrogen and oxygen atoms in total. The first kappa shape index (κ1) is 21.8. The Balaban J connectivity index is 1.75. The topological polar surface area (TPSA) is 51.5 Å². The van der Waals surface area contributed by atoms with Crippen LogP contribution >= 0.6 is 15.9 Å². The third kappa shape index (κ3) is 4.43. The van der Waals surface area contributed by atoms with Crippen molar-refractivity contribution in [3.63, 3.8) is 0 Å². The maximum atomic E-state index is 13.6. The van der Waals surface area contributed by atoms with E-state index in [-0.39, 0.29) is 12.2 Å². The Morgan fingerprint density at radius 2 is 1.81 bits per heavy atom. The van der Waals surface area contributed by atoms with Crippen LogP contribution in [0.15, 0.2) is 77.3 Å². The van der Waals surface area contributed by atoms with Crippen LogP contribution in [0.4, 0.5) is 8.78 Å². The van der Waals surface area contributed by atoms with Crippen LogP contribution in [0.2, 0.25) is 0 Å². The van der Waals surface area contributed by atoms with Crippen molar-refractivity contribution in [1.82, 2.24) is 4.57 Å². The molecule has 0 saturated carbocycles. The van der Waals surface area contributed by atoms with Gasteiger partial charge < -0.3 is 14.4 Å². The minimum atomic E-state index is -1.00. The Hall–Kier alpha value is -3.45. The number of benzene rings is 3. The van der Waals surface area contributed by atoms with Crippen molar-refractivity contribution in [2.24, 2.45) is 0 Å². The van der Waals surface area contributed by atoms with Crippen LogP contribution in [0.3, 0.4) is 0 Å². The number of carboxylic acids is 1. The lowest BCUT2D eigenvalue weighted by Gasteiger charge is -2.16. The molecule has 0 radical (unpaired) electrons. The van der Waals surface area contributed by atoms with Crippen molar-refractivity contribution < 1.29 is 23.4 Å². The molecule has 1 N–H and O–H groups in total. The maximum absolute atomic E-state index is 13.6. The summed E-state index contributed by atoms with van der Waals surface area (Å²) in [6.07, 6.45) is 0. The minimum Gasteiger partial charge on any atom is -0.488 e. The van der Waals surface area contributed by atoms with E-state index in [1.807, 2.05) is 41.8 Å². The number of aromatic carboxylic acids is 1. The second-order valence-corrected chi connectivity index (χ2v) is 8.14. The number of carbonyl (C=O) groups is 1. The fraction of sp³-hybridized carbons (Fsp3) is 0.0800. The maximum Gasteiger partial charge on any atom is 0.335 e. The van der Waals surface area contributed by atoms with Gasteiger partial charge in [0.2, 0.25) is 0 Å². The number of aromatic nitrogens is 1. The molecule has 0 aliphatic heterocycles. The van der Waals surface area contributed by atoms with Crippen LogP contribution in [-0.4, -0.2) is 15.6 Å². The molecule has 0 aliphatic carbocycles. The van der Waals surface area contributed by atoms with E-state index in [4.69, 9.17) is 4.74 Å². The van der Waals surface area contributed by atoms with Gasteiger partial charge in [0.05, 0.1) is 11.3 Å². The van der Waals surface area contributed by atoms with Crippen molar-refractivity contribution in [2.45, 2.75) is 13.5 Å². The third-order valence-electron chi connectivity index (χ3n) is 5.02. The van der Waals surface area contributed by atoms with E-state index in [9.17, 15) is 18.7 Å². The van der Waals surface area contributed by atoms with Gasteiger partial charge in [-0.05, 0) is 73.2 Å². The van der Waals surface area contributed by atoms with Gasteiger partial charge in [-0.3, -0.25) is 0 Å². The van der Waals surface area contributed by atoms with Crippen LogP contribution in [-0.2, 0) is 6.61 Å². The van der Waals surface area contributed by atoms with Gasteiger partial charge >= 0.3 is 5.97 Å². The van der Waals surface area contributed by atoms with Crippen LogP contribution in [0.5, 0.6) is 5.75 Å². The molecule has 7 heteroatoms. The molecule has 0 saturated heterocycles. The highest BCUT2D eigenvalue weighted by Gasteiger charge is 2.16. The molecule has 0 atom stereocenters. The first-order valence-electron chi connectivity index (χ1n) is 9.72. The van der Waals surface area contributed by atoms with Gasteiger partial charge in [-0.15, -0.1) is 0 Å². The highest BCUT2D eigenvalue weighted by atomic mass is 79.9. The highest BCUT2D eigenvalue weighted by molar-refractivity contribution is 9.10. The Bertz CT molecular complexity index is 1320. The van der Waals surface area contributed by atoms with E-state index in [0.29, 0.717) is 17.0 Å². The molecule has 0 spiro atoms. The largest absolute Gasteiger partial charge is 0.488 e. The molecule has 32 heavy (non-hydrogen) atoms. The first-order chi connectivity index (χ1) is 15.3. The van der Waals surface area contributed by atoms with Gasteiger partial charge in [0.25, 0.3) is 0 Å².